The SMILES string of the molecule is Oc1ccc(F)cc1-c1ccc(OC2CC2)cc1. The van der Waals surface area contributed by atoms with Gasteiger partial charge in [0.2, 0.25) is 0 Å². The van der Waals surface area contributed by atoms with Crippen LogP contribution in [-0.4, -0.2) is 11.2 Å². The van der Waals surface area contributed by atoms with Crippen LogP contribution >= 0.6 is 0 Å². The molecule has 0 saturated heterocycles. The second kappa shape index (κ2) is 4.33. The van der Waals surface area contributed by atoms with Crippen molar-refractivity contribution in [3.05, 3.63) is 48.3 Å². The van der Waals surface area contributed by atoms with Crippen LogP contribution < -0.4 is 4.74 Å². The Kier molecular flexibility index (Phi) is 2.67. The number of ether oxygens (including phenoxy) is 1. The summed E-state index contributed by atoms with van der Waals surface area (Å²) in [7, 11) is 0. The predicted octanol–water partition coefficient (Wildman–Crippen LogP) is 3.74. The fourth-order valence-electron chi connectivity index (χ4n) is 1.83. The van der Waals surface area contributed by atoms with Gasteiger partial charge in [-0.15, -0.1) is 0 Å². The van der Waals surface area contributed by atoms with Crippen molar-refractivity contribution in [2.75, 3.05) is 0 Å². The molecule has 3 heteroatoms. The first-order chi connectivity index (χ1) is 8.72. The van der Waals surface area contributed by atoms with E-state index in [1.807, 2.05) is 24.3 Å². The van der Waals surface area contributed by atoms with Crippen molar-refractivity contribution in [3.63, 3.8) is 0 Å². The summed E-state index contributed by atoms with van der Waals surface area (Å²) >= 11 is 0. The van der Waals surface area contributed by atoms with Crippen LogP contribution in [0.2, 0.25) is 0 Å². The number of phenols is 1. The van der Waals surface area contributed by atoms with Gasteiger partial charge in [0.05, 0.1) is 6.10 Å². The summed E-state index contributed by atoms with van der Waals surface area (Å²) in [6, 6.07) is 11.3. The second-order valence-corrected chi connectivity index (χ2v) is 4.50. The highest BCUT2D eigenvalue weighted by atomic mass is 19.1. The van der Waals surface area contributed by atoms with E-state index in [-0.39, 0.29) is 11.6 Å². The smallest absolute Gasteiger partial charge is 0.124 e. The third kappa shape index (κ3) is 2.30. The average Bonchev–Trinajstić information content (AvgIpc) is 3.17. The zero-order valence-electron chi connectivity index (χ0n) is 9.77. The quantitative estimate of drug-likeness (QED) is 0.891. The summed E-state index contributed by atoms with van der Waals surface area (Å²) in [6.07, 6.45) is 2.59. The molecular formula is C15H13FO2. The molecule has 0 amide bonds. The third-order valence-electron chi connectivity index (χ3n) is 2.95. The molecule has 0 unspecified atom stereocenters. The Balaban J connectivity index is 1.88. The Morgan fingerprint density at radius 3 is 2.44 bits per heavy atom. The summed E-state index contributed by atoms with van der Waals surface area (Å²) in [4.78, 5) is 0. The lowest BCUT2D eigenvalue weighted by Crippen LogP contribution is -1.95. The predicted molar refractivity (Wildman–Crippen MR) is 67.2 cm³/mol. The minimum Gasteiger partial charge on any atom is -0.507 e. The van der Waals surface area contributed by atoms with Crippen molar-refractivity contribution in [1.29, 1.82) is 0 Å². The molecule has 18 heavy (non-hydrogen) atoms. The molecule has 0 heterocycles. The van der Waals surface area contributed by atoms with Crippen LogP contribution in [-0.2, 0) is 0 Å². The van der Waals surface area contributed by atoms with Crippen molar-refractivity contribution in [3.8, 4) is 22.6 Å². The number of rotatable bonds is 3. The maximum atomic E-state index is 13.2. The summed E-state index contributed by atoms with van der Waals surface area (Å²) in [5.41, 5.74) is 1.27. The van der Waals surface area contributed by atoms with Crippen LogP contribution in [0.3, 0.4) is 0 Å². The van der Waals surface area contributed by atoms with Gasteiger partial charge < -0.3 is 9.84 Å². The number of hydrogen-bond donors (Lipinski definition) is 1. The minimum absolute atomic E-state index is 0.0762. The first kappa shape index (κ1) is 11.1. The van der Waals surface area contributed by atoms with Crippen molar-refractivity contribution >= 4 is 0 Å². The zero-order valence-corrected chi connectivity index (χ0v) is 9.77. The molecule has 0 aliphatic heterocycles. The Morgan fingerprint density at radius 2 is 1.78 bits per heavy atom. The number of hydrogen-bond acceptors (Lipinski definition) is 2. The van der Waals surface area contributed by atoms with Crippen molar-refractivity contribution < 1.29 is 14.2 Å². The highest BCUT2D eigenvalue weighted by Crippen LogP contribution is 2.32. The summed E-state index contributed by atoms with van der Waals surface area (Å²) in [5, 5.41) is 9.72. The molecule has 0 spiro atoms. The Hall–Kier alpha value is -2.03. The molecule has 2 aromatic rings. The maximum Gasteiger partial charge on any atom is 0.124 e. The van der Waals surface area contributed by atoms with Crippen LogP contribution in [0, 0.1) is 5.82 Å². The fraction of sp³-hybridized carbons (Fsp3) is 0.200. The molecule has 1 saturated carbocycles. The first-order valence-corrected chi connectivity index (χ1v) is 5.98. The largest absolute Gasteiger partial charge is 0.507 e. The summed E-state index contributed by atoms with van der Waals surface area (Å²) in [5.74, 6) is 0.533. The fourth-order valence-corrected chi connectivity index (χ4v) is 1.83. The van der Waals surface area contributed by atoms with Gasteiger partial charge in [0, 0.05) is 5.56 Å². The van der Waals surface area contributed by atoms with E-state index in [1.165, 1.54) is 18.2 Å². The van der Waals surface area contributed by atoms with Crippen molar-refractivity contribution in [1.82, 2.24) is 0 Å². The monoisotopic (exact) mass is 244 g/mol. The zero-order chi connectivity index (χ0) is 12.5. The Morgan fingerprint density at radius 1 is 1.06 bits per heavy atom. The van der Waals surface area contributed by atoms with E-state index in [0.717, 1.165) is 24.2 Å². The standard InChI is InChI=1S/C15H13FO2/c16-11-3-8-15(17)14(9-11)10-1-4-12(5-2-10)18-13-6-7-13/h1-5,8-9,13,17H,6-7H2. The number of aromatic hydroxyl groups is 1. The first-order valence-electron chi connectivity index (χ1n) is 5.98. The van der Waals surface area contributed by atoms with Crippen LogP contribution in [0.25, 0.3) is 11.1 Å². The van der Waals surface area contributed by atoms with E-state index in [2.05, 4.69) is 0 Å². The highest BCUT2D eigenvalue weighted by molar-refractivity contribution is 5.70. The molecule has 1 aliphatic carbocycles. The van der Waals surface area contributed by atoms with Gasteiger partial charge in [0.1, 0.15) is 17.3 Å². The van der Waals surface area contributed by atoms with Crippen LogP contribution in [0.15, 0.2) is 42.5 Å². The van der Waals surface area contributed by atoms with Gasteiger partial charge in [0.25, 0.3) is 0 Å². The van der Waals surface area contributed by atoms with E-state index in [4.69, 9.17) is 4.74 Å². The Labute approximate surface area is 105 Å². The van der Waals surface area contributed by atoms with E-state index in [1.54, 1.807) is 0 Å². The third-order valence-corrected chi connectivity index (χ3v) is 2.95. The van der Waals surface area contributed by atoms with Gasteiger partial charge in [-0.2, -0.15) is 0 Å². The van der Waals surface area contributed by atoms with Crippen LogP contribution in [0.4, 0.5) is 4.39 Å². The number of halogens is 1. The lowest BCUT2D eigenvalue weighted by Gasteiger charge is -2.07. The molecule has 2 nitrogen and oxygen atoms in total. The highest BCUT2D eigenvalue weighted by Gasteiger charge is 2.23. The number of phenolic OH excluding ortho intramolecular Hbond substituents is 1. The topological polar surface area (TPSA) is 29.5 Å². The van der Waals surface area contributed by atoms with Crippen LogP contribution in [0.5, 0.6) is 11.5 Å². The van der Waals surface area contributed by atoms with E-state index >= 15 is 0 Å². The molecule has 1 fully saturated rings. The minimum atomic E-state index is -0.360. The van der Waals surface area contributed by atoms with Gasteiger partial charge in [0.15, 0.2) is 0 Å². The van der Waals surface area contributed by atoms with Crippen molar-refractivity contribution in [2.45, 2.75) is 18.9 Å². The molecule has 2 aromatic carbocycles. The van der Waals surface area contributed by atoms with Crippen molar-refractivity contribution in [2.24, 2.45) is 0 Å². The molecule has 92 valence electrons. The van der Waals surface area contributed by atoms with E-state index in [9.17, 15) is 9.50 Å². The maximum absolute atomic E-state index is 13.2. The summed E-state index contributed by atoms with van der Waals surface area (Å²) in [6.45, 7) is 0. The van der Waals surface area contributed by atoms with Gasteiger partial charge >= 0.3 is 0 Å². The lowest BCUT2D eigenvalue weighted by atomic mass is 10.0. The molecule has 0 radical (unpaired) electrons. The molecule has 0 atom stereocenters. The molecule has 0 aromatic heterocycles. The average molecular weight is 244 g/mol. The van der Waals surface area contributed by atoms with E-state index < -0.39 is 0 Å². The normalized spacial score (nSPS) is 14.5. The van der Waals surface area contributed by atoms with Gasteiger partial charge in [-0.3, -0.25) is 0 Å². The molecule has 0 bridgehead atoms. The molecule has 1 aliphatic rings. The molecule has 1 N–H and O–H groups in total. The van der Waals surface area contributed by atoms with Gasteiger partial charge in [-0.05, 0) is 48.7 Å². The van der Waals surface area contributed by atoms with Gasteiger partial charge in [-0.1, -0.05) is 12.1 Å². The Bertz CT molecular complexity index is 559. The molecular weight excluding hydrogens is 231 g/mol. The summed E-state index contributed by atoms with van der Waals surface area (Å²) < 4.78 is 18.8. The van der Waals surface area contributed by atoms with Crippen LogP contribution in [0.1, 0.15) is 12.8 Å². The molecule has 3 rings (SSSR count). The van der Waals surface area contributed by atoms with E-state index in [0.29, 0.717) is 11.7 Å². The lowest BCUT2D eigenvalue weighted by molar-refractivity contribution is 0.303. The van der Waals surface area contributed by atoms with Gasteiger partial charge in [-0.25, -0.2) is 4.39 Å². The second-order valence-electron chi connectivity index (χ2n) is 4.50. The number of benzene rings is 2.